The van der Waals surface area contributed by atoms with Crippen molar-refractivity contribution in [1.29, 1.82) is 0 Å². The van der Waals surface area contributed by atoms with Crippen LogP contribution in [0.25, 0.3) is 21.9 Å². The van der Waals surface area contributed by atoms with Crippen molar-refractivity contribution in [3.63, 3.8) is 0 Å². The molecule has 18 heteroatoms. The number of likely N-dealkylation sites (tertiary alicyclic amines) is 1. The van der Waals surface area contributed by atoms with Crippen molar-refractivity contribution in [3.8, 4) is 5.75 Å². The molecule has 4 aromatic heterocycles. The van der Waals surface area contributed by atoms with Crippen LogP contribution in [0.3, 0.4) is 0 Å². The van der Waals surface area contributed by atoms with Crippen molar-refractivity contribution in [1.82, 2.24) is 44.8 Å². The summed E-state index contributed by atoms with van der Waals surface area (Å²) in [5.74, 6) is -0.793. The van der Waals surface area contributed by atoms with E-state index in [0.717, 1.165) is 75.3 Å². The average Bonchev–Trinajstić information content (AvgIpc) is 3.58. The highest BCUT2D eigenvalue weighted by atomic mass is 19.1. The van der Waals surface area contributed by atoms with Gasteiger partial charge in [0.25, 0.3) is 11.5 Å². The number of rotatable bonds is 11. The first-order chi connectivity index (χ1) is 29.9. The van der Waals surface area contributed by atoms with Crippen molar-refractivity contribution >= 4 is 62.8 Å². The number of nitrogens with one attached hydrogen (secondary N) is 3. The molecule has 326 valence electrons. The number of carbonyl (C=O) groups excluding carboxylic acids is 3. The third-order valence-electron chi connectivity index (χ3n) is 13.2. The van der Waals surface area contributed by atoms with Crippen molar-refractivity contribution < 1.29 is 23.5 Å². The minimum absolute atomic E-state index is 0.0179. The van der Waals surface area contributed by atoms with Gasteiger partial charge in [-0.1, -0.05) is 0 Å². The standard InChI is InChI=1S/C44H53FN12O5/c1-26(2)57-40-28(18-35(42(57)61)62-23-37(59)46-3)17-29(20-47-40)49-39-33(45)21-48-43(51-39)55-13-9-27(10-14-55)22-54-15-11-44(12-16-54)24-56(25-44)30-5-6-31-34(19-30)53(4)52-38(31)32-7-8-36(58)50-41(32)60/h5-6,17-21,26-27,32H,7-16,22-25H2,1-4H3,(H,46,59)(H,48,49,51)(H,50,58,60). The SMILES string of the molecule is CNC(=O)COc1cc2cc(Nc3nc(N4CCC(CN5CCC6(CC5)CN(c5ccc7c(C8CCC(=O)NC8=O)nn(C)c7c5)C6)CC4)ncc3F)cnc2n(C(C)C)c1=O. The van der Waals surface area contributed by atoms with Gasteiger partial charge in [-0.05, 0) is 95.3 Å². The van der Waals surface area contributed by atoms with Gasteiger partial charge in [-0.3, -0.25) is 33.7 Å². The highest BCUT2D eigenvalue weighted by Crippen LogP contribution is 2.44. The van der Waals surface area contributed by atoms with Crippen LogP contribution in [-0.4, -0.2) is 111 Å². The van der Waals surface area contributed by atoms with Crippen LogP contribution in [0, 0.1) is 17.2 Å². The first-order valence-corrected chi connectivity index (χ1v) is 21.6. The topological polar surface area (TPSA) is 185 Å². The van der Waals surface area contributed by atoms with E-state index in [4.69, 9.17) is 9.84 Å². The molecule has 0 aliphatic carbocycles. The molecule has 5 aromatic rings. The minimum Gasteiger partial charge on any atom is -0.478 e. The lowest BCUT2D eigenvalue weighted by atomic mass is 9.71. The summed E-state index contributed by atoms with van der Waals surface area (Å²) >= 11 is 0. The number of nitrogens with zero attached hydrogens (tertiary/aromatic N) is 9. The van der Waals surface area contributed by atoms with E-state index in [1.165, 1.54) is 42.5 Å². The van der Waals surface area contributed by atoms with Gasteiger partial charge >= 0.3 is 0 Å². The van der Waals surface area contributed by atoms with Crippen molar-refractivity contribution in [3.05, 3.63) is 64.6 Å². The molecular weight excluding hydrogens is 796 g/mol. The number of likely N-dealkylation sites (N-methyl/N-ethyl adjacent to an activating group) is 1. The number of fused-ring (bicyclic) bond motifs is 2. The lowest BCUT2D eigenvalue weighted by Gasteiger charge is -2.55. The summed E-state index contributed by atoms with van der Waals surface area (Å²) < 4.78 is 24.1. The zero-order valence-electron chi connectivity index (χ0n) is 35.6. The van der Waals surface area contributed by atoms with Gasteiger partial charge in [0.05, 0.1) is 35.2 Å². The maximum Gasteiger partial charge on any atom is 0.294 e. The Morgan fingerprint density at radius 3 is 2.50 bits per heavy atom. The van der Waals surface area contributed by atoms with E-state index >= 15 is 4.39 Å². The van der Waals surface area contributed by atoms with E-state index in [9.17, 15) is 19.2 Å². The first kappa shape index (κ1) is 41.2. The summed E-state index contributed by atoms with van der Waals surface area (Å²) in [6, 6.07) is 9.46. The Labute approximate surface area is 358 Å². The summed E-state index contributed by atoms with van der Waals surface area (Å²) in [5.41, 5.74) is 3.75. The zero-order chi connectivity index (χ0) is 43.3. The Bertz CT molecular complexity index is 2600. The molecule has 0 radical (unpaired) electrons. The summed E-state index contributed by atoms with van der Waals surface area (Å²) in [5, 5.41) is 14.3. The fourth-order valence-corrected chi connectivity index (χ4v) is 9.64. The molecule has 4 aliphatic rings. The molecule has 8 heterocycles. The second-order valence-electron chi connectivity index (χ2n) is 17.7. The number of hydrogen-bond acceptors (Lipinski definition) is 13. The van der Waals surface area contributed by atoms with Crippen LogP contribution in [0.4, 0.5) is 27.5 Å². The lowest BCUT2D eigenvalue weighted by Crippen LogP contribution is -2.60. The van der Waals surface area contributed by atoms with E-state index in [-0.39, 0.29) is 41.9 Å². The number of carbonyl (C=O) groups is 3. The Balaban J connectivity index is 0.771. The van der Waals surface area contributed by atoms with Crippen LogP contribution in [0.5, 0.6) is 5.75 Å². The number of halogens is 1. The van der Waals surface area contributed by atoms with Crippen molar-refractivity contribution in [2.45, 2.75) is 64.3 Å². The van der Waals surface area contributed by atoms with E-state index in [1.807, 2.05) is 25.6 Å². The van der Waals surface area contributed by atoms with Gasteiger partial charge in [-0.2, -0.15) is 10.1 Å². The molecule has 3 N–H and O–H groups in total. The first-order valence-electron chi connectivity index (χ1n) is 21.6. The predicted molar refractivity (Wildman–Crippen MR) is 232 cm³/mol. The van der Waals surface area contributed by atoms with Crippen LogP contribution in [0.2, 0.25) is 0 Å². The van der Waals surface area contributed by atoms with Crippen LogP contribution < -0.4 is 36.0 Å². The zero-order valence-corrected chi connectivity index (χ0v) is 35.6. The monoisotopic (exact) mass is 848 g/mol. The predicted octanol–water partition coefficient (Wildman–Crippen LogP) is 4.00. The van der Waals surface area contributed by atoms with E-state index in [0.29, 0.717) is 46.8 Å². The normalized spacial score (nSPS) is 19.6. The highest BCUT2D eigenvalue weighted by molar-refractivity contribution is 6.02. The Morgan fingerprint density at radius 1 is 1.00 bits per heavy atom. The molecule has 1 spiro atoms. The molecule has 17 nitrogen and oxygen atoms in total. The number of aromatic nitrogens is 6. The van der Waals surface area contributed by atoms with Gasteiger partial charge in [0.1, 0.15) is 5.65 Å². The molecule has 0 saturated carbocycles. The molecule has 0 bridgehead atoms. The number of aryl methyl sites for hydroxylation is 1. The summed E-state index contributed by atoms with van der Waals surface area (Å²) in [4.78, 5) is 69.9. The third-order valence-corrected chi connectivity index (χ3v) is 13.2. The van der Waals surface area contributed by atoms with Crippen LogP contribution in [-0.2, 0) is 21.4 Å². The maximum absolute atomic E-state index is 15.1. The second kappa shape index (κ2) is 16.6. The average molecular weight is 849 g/mol. The number of pyridine rings is 2. The van der Waals surface area contributed by atoms with Crippen LogP contribution >= 0.6 is 0 Å². The number of ether oxygens (including phenoxy) is 1. The molecule has 62 heavy (non-hydrogen) atoms. The Morgan fingerprint density at radius 2 is 1.77 bits per heavy atom. The summed E-state index contributed by atoms with van der Waals surface area (Å²) in [6.07, 6.45) is 7.88. The molecule has 3 amide bonds. The largest absolute Gasteiger partial charge is 0.478 e. The molecular formula is C44H53FN12O5. The molecule has 9 rings (SSSR count). The lowest BCUT2D eigenvalue weighted by molar-refractivity contribution is -0.134. The number of anilines is 4. The number of piperidine rings is 3. The van der Waals surface area contributed by atoms with E-state index in [2.05, 4.69) is 63.8 Å². The number of amides is 3. The Kier molecular flexibility index (Phi) is 11.0. The van der Waals surface area contributed by atoms with Gasteiger partial charge < -0.3 is 30.1 Å². The molecule has 4 saturated heterocycles. The van der Waals surface area contributed by atoms with Gasteiger partial charge in [0.15, 0.2) is 24.0 Å². The number of hydrogen-bond donors (Lipinski definition) is 3. The number of benzene rings is 1. The molecule has 4 aliphatic heterocycles. The maximum atomic E-state index is 15.1. The Hall–Kier alpha value is -6.17. The summed E-state index contributed by atoms with van der Waals surface area (Å²) in [6.45, 7) is 10.3. The fraction of sp³-hybridized carbons (Fsp3) is 0.500. The third kappa shape index (κ3) is 8.02. The minimum atomic E-state index is -0.599. The van der Waals surface area contributed by atoms with E-state index in [1.54, 1.807) is 12.1 Å². The van der Waals surface area contributed by atoms with Gasteiger partial charge in [-0.25, -0.2) is 14.4 Å². The van der Waals surface area contributed by atoms with E-state index < -0.39 is 17.3 Å². The molecule has 1 aromatic carbocycles. The molecule has 1 atom stereocenters. The molecule has 1 unspecified atom stereocenters. The highest BCUT2D eigenvalue weighted by Gasteiger charge is 2.45. The quantitative estimate of drug-likeness (QED) is 0.162. The van der Waals surface area contributed by atoms with Gasteiger partial charge in [0, 0.05) is 81.2 Å². The van der Waals surface area contributed by atoms with Gasteiger partial charge in [-0.15, -0.1) is 0 Å². The van der Waals surface area contributed by atoms with Crippen molar-refractivity contribution in [2.75, 3.05) is 74.6 Å². The summed E-state index contributed by atoms with van der Waals surface area (Å²) in [7, 11) is 3.41. The van der Waals surface area contributed by atoms with Gasteiger partial charge in [0.2, 0.25) is 17.8 Å². The van der Waals surface area contributed by atoms with Crippen LogP contribution in [0.1, 0.15) is 70.0 Å². The van der Waals surface area contributed by atoms with Crippen molar-refractivity contribution in [2.24, 2.45) is 18.4 Å². The molecule has 4 fully saturated rings. The van der Waals surface area contributed by atoms with Crippen LogP contribution in [0.15, 0.2) is 47.5 Å². The fourth-order valence-electron chi connectivity index (χ4n) is 9.64. The second-order valence-corrected chi connectivity index (χ2v) is 17.7. The smallest absolute Gasteiger partial charge is 0.294 e. The number of imide groups is 1.